The Labute approximate surface area is 124 Å². The molecule has 0 saturated carbocycles. The van der Waals surface area contributed by atoms with Crippen LogP contribution in [0.1, 0.15) is 11.3 Å². The lowest BCUT2D eigenvalue weighted by atomic mass is 10.2. The SMILES string of the molecule is c1ccc(CCNCc2ccc(-n3cccn3)cc2)nc1. The van der Waals surface area contributed by atoms with Gasteiger partial charge in [-0.25, -0.2) is 4.68 Å². The maximum absolute atomic E-state index is 4.31. The summed E-state index contributed by atoms with van der Waals surface area (Å²) in [7, 11) is 0. The highest BCUT2D eigenvalue weighted by Gasteiger charge is 1.98. The Kier molecular flexibility index (Phi) is 4.39. The Bertz CT molecular complexity index is 645. The summed E-state index contributed by atoms with van der Waals surface area (Å²) in [4.78, 5) is 4.31. The lowest BCUT2D eigenvalue weighted by Crippen LogP contribution is -2.17. The molecular weight excluding hydrogens is 260 g/mol. The molecule has 0 unspecified atom stereocenters. The van der Waals surface area contributed by atoms with E-state index in [1.165, 1.54) is 5.56 Å². The highest BCUT2D eigenvalue weighted by atomic mass is 15.3. The van der Waals surface area contributed by atoms with Gasteiger partial charge >= 0.3 is 0 Å². The van der Waals surface area contributed by atoms with Crippen molar-refractivity contribution in [3.63, 3.8) is 0 Å². The molecule has 4 nitrogen and oxygen atoms in total. The largest absolute Gasteiger partial charge is 0.312 e. The summed E-state index contributed by atoms with van der Waals surface area (Å²) in [6.07, 6.45) is 6.52. The van der Waals surface area contributed by atoms with Gasteiger partial charge < -0.3 is 5.32 Å². The van der Waals surface area contributed by atoms with Gasteiger partial charge in [-0.05, 0) is 35.9 Å². The lowest BCUT2D eigenvalue weighted by molar-refractivity contribution is 0.679. The van der Waals surface area contributed by atoms with Crippen LogP contribution in [0.2, 0.25) is 0 Å². The van der Waals surface area contributed by atoms with Crippen molar-refractivity contribution in [1.82, 2.24) is 20.1 Å². The third-order valence-electron chi connectivity index (χ3n) is 3.32. The van der Waals surface area contributed by atoms with Crippen LogP contribution in [0.4, 0.5) is 0 Å². The van der Waals surface area contributed by atoms with Crippen molar-refractivity contribution < 1.29 is 0 Å². The van der Waals surface area contributed by atoms with Gasteiger partial charge in [0.15, 0.2) is 0 Å². The molecule has 106 valence electrons. The van der Waals surface area contributed by atoms with Crippen LogP contribution in [0.3, 0.4) is 0 Å². The van der Waals surface area contributed by atoms with E-state index in [0.717, 1.165) is 30.9 Å². The monoisotopic (exact) mass is 278 g/mol. The van der Waals surface area contributed by atoms with Crippen molar-refractivity contribution in [1.29, 1.82) is 0 Å². The van der Waals surface area contributed by atoms with Crippen LogP contribution in [0.15, 0.2) is 67.1 Å². The Morgan fingerprint density at radius 1 is 0.952 bits per heavy atom. The Hall–Kier alpha value is -2.46. The predicted octanol–water partition coefficient (Wildman–Crippen LogP) is 2.60. The smallest absolute Gasteiger partial charge is 0.0645 e. The molecule has 2 heterocycles. The van der Waals surface area contributed by atoms with Crippen LogP contribution in [0, 0.1) is 0 Å². The van der Waals surface area contributed by atoms with E-state index in [4.69, 9.17) is 0 Å². The number of nitrogens with one attached hydrogen (secondary N) is 1. The van der Waals surface area contributed by atoms with Crippen molar-refractivity contribution >= 4 is 0 Å². The Morgan fingerprint density at radius 2 is 1.86 bits per heavy atom. The second-order valence-corrected chi connectivity index (χ2v) is 4.86. The first-order valence-corrected chi connectivity index (χ1v) is 7.11. The molecule has 2 aromatic heterocycles. The maximum atomic E-state index is 4.31. The molecule has 0 spiro atoms. The topological polar surface area (TPSA) is 42.7 Å². The molecule has 0 aliphatic heterocycles. The summed E-state index contributed by atoms with van der Waals surface area (Å²) in [5.41, 5.74) is 3.48. The fourth-order valence-electron chi connectivity index (χ4n) is 2.18. The van der Waals surface area contributed by atoms with Crippen LogP contribution in [-0.4, -0.2) is 21.3 Å². The molecule has 0 bridgehead atoms. The molecule has 21 heavy (non-hydrogen) atoms. The van der Waals surface area contributed by atoms with Gasteiger partial charge in [0.05, 0.1) is 5.69 Å². The summed E-state index contributed by atoms with van der Waals surface area (Å²) in [6, 6.07) is 16.4. The summed E-state index contributed by atoms with van der Waals surface area (Å²) in [5, 5.41) is 7.66. The number of nitrogens with zero attached hydrogens (tertiary/aromatic N) is 3. The van der Waals surface area contributed by atoms with E-state index in [-0.39, 0.29) is 0 Å². The second-order valence-electron chi connectivity index (χ2n) is 4.86. The number of rotatable bonds is 6. The van der Waals surface area contributed by atoms with Crippen molar-refractivity contribution in [3.05, 3.63) is 78.4 Å². The number of hydrogen-bond acceptors (Lipinski definition) is 3. The minimum absolute atomic E-state index is 0.867. The molecule has 4 heteroatoms. The summed E-state index contributed by atoms with van der Waals surface area (Å²) in [6.45, 7) is 1.80. The first-order valence-electron chi connectivity index (χ1n) is 7.11. The number of pyridine rings is 1. The molecule has 0 atom stereocenters. The van der Waals surface area contributed by atoms with Gasteiger partial charge in [-0.15, -0.1) is 0 Å². The molecule has 0 radical (unpaired) electrons. The second kappa shape index (κ2) is 6.81. The van der Waals surface area contributed by atoms with Gasteiger partial charge in [0.1, 0.15) is 0 Å². The van der Waals surface area contributed by atoms with Crippen LogP contribution >= 0.6 is 0 Å². The van der Waals surface area contributed by atoms with Crippen LogP contribution in [0.5, 0.6) is 0 Å². The minimum Gasteiger partial charge on any atom is -0.312 e. The van der Waals surface area contributed by atoms with Gasteiger partial charge in [-0.2, -0.15) is 5.10 Å². The van der Waals surface area contributed by atoms with Gasteiger partial charge in [0, 0.05) is 43.8 Å². The quantitative estimate of drug-likeness (QED) is 0.705. The van der Waals surface area contributed by atoms with Crippen molar-refractivity contribution in [2.75, 3.05) is 6.54 Å². The van der Waals surface area contributed by atoms with Gasteiger partial charge in [0.2, 0.25) is 0 Å². The van der Waals surface area contributed by atoms with Crippen LogP contribution in [-0.2, 0) is 13.0 Å². The fourth-order valence-corrected chi connectivity index (χ4v) is 2.18. The molecule has 0 fully saturated rings. The predicted molar refractivity (Wildman–Crippen MR) is 83.2 cm³/mol. The number of aromatic nitrogens is 3. The fraction of sp³-hybridized carbons (Fsp3) is 0.176. The van der Waals surface area contributed by atoms with E-state index < -0.39 is 0 Å². The first kappa shape index (κ1) is 13.5. The highest BCUT2D eigenvalue weighted by molar-refractivity contribution is 5.33. The first-order chi connectivity index (χ1) is 10.4. The molecule has 3 rings (SSSR count). The van der Waals surface area contributed by atoms with E-state index >= 15 is 0 Å². The van der Waals surface area contributed by atoms with Gasteiger partial charge in [0.25, 0.3) is 0 Å². The van der Waals surface area contributed by atoms with Crippen molar-refractivity contribution in [2.45, 2.75) is 13.0 Å². The number of hydrogen-bond donors (Lipinski definition) is 1. The molecule has 0 saturated heterocycles. The average Bonchev–Trinajstić information content (AvgIpc) is 3.08. The van der Waals surface area contributed by atoms with Gasteiger partial charge in [-0.3, -0.25) is 4.98 Å². The molecule has 1 aromatic carbocycles. The minimum atomic E-state index is 0.867. The zero-order valence-corrected chi connectivity index (χ0v) is 11.8. The summed E-state index contributed by atoms with van der Waals surface area (Å²) < 4.78 is 1.86. The molecule has 1 N–H and O–H groups in total. The molecule has 0 amide bonds. The van der Waals surface area contributed by atoms with Crippen LogP contribution < -0.4 is 5.32 Å². The molecular formula is C17H18N4. The van der Waals surface area contributed by atoms with Crippen molar-refractivity contribution in [3.8, 4) is 5.69 Å². The normalized spacial score (nSPS) is 10.7. The average molecular weight is 278 g/mol. The third kappa shape index (κ3) is 3.77. The standard InChI is InChI=1S/C17H18N4/c1-2-10-19-16(4-1)9-12-18-14-15-5-7-17(8-6-15)21-13-3-11-20-21/h1-8,10-11,13,18H,9,12,14H2. The van der Waals surface area contributed by atoms with E-state index in [0.29, 0.717) is 0 Å². The lowest BCUT2D eigenvalue weighted by Gasteiger charge is -2.06. The van der Waals surface area contributed by atoms with E-state index in [1.54, 1.807) is 6.20 Å². The van der Waals surface area contributed by atoms with Crippen LogP contribution in [0.25, 0.3) is 5.69 Å². The van der Waals surface area contributed by atoms with E-state index in [2.05, 4.69) is 45.7 Å². The molecule has 3 aromatic rings. The molecule has 0 aliphatic carbocycles. The number of benzene rings is 1. The third-order valence-corrected chi connectivity index (χ3v) is 3.32. The van der Waals surface area contributed by atoms with E-state index in [1.807, 2.05) is 35.3 Å². The van der Waals surface area contributed by atoms with Crippen molar-refractivity contribution in [2.24, 2.45) is 0 Å². The highest BCUT2D eigenvalue weighted by Crippen LogP contribution is 2.08. The summed E-state index contributed by atoms with van der Waals surface area (Å²) >= 11 is 0. The summed E-state index contributed by atoms with van der Waals surface area (Å²) in [5.74, 6) is 0. The Morgan fingerprint density at radius 3 is 2.57 bits per heavy atom. The zero-order chi connectivity index (χ0) is 14.3. The zero-order valence-electron chi connectivity index (χ0n) is 11.8. The van der Waals surface area contributed by atoms with E-state index in [9.17, 15) is 0 Å². The molecule has 0 aliphatic rings. The maximum Gasteiger partial charge on any atom is 0.0645 e. The van der Waals surface area contributed by atoms with Gasteiger partial charge in [-0.1, -0.05) is 18.2 Å². The Balaban J connectivity index is 1.47.